The summed E-state index contributed by atoms with van der Waals surface area (Å²) < 4.78 is 1.10. The minimum Gasteiger partial charge on any atom is -0.376 e. The molecule has 0 heterocycles. The van der Waals surface area contributed by atoms with Crippen LogP contribution in [0.4, 0.5) is 11.4 Å². The average molecular weight is 380 g/mol. The predicted octanol–water partition coefficient (Wildman–Crippen LogP) is 3.96. The third-order valence-electron chi connectivity index (χ3n) is 2.78. The fourth-order valence-electron chi connectivity index (χ4n) is 2.03. The molecule has 4 heteroatoms. The normalized spacial score (nSPS) is 10.2. The zero-order chi connectivity index (χ0) is 14.5. The summed E-state index contributed by atoms with van der Waals surface area (Å²) in [6, 6.07) is 13.9. The van der Waals surface area contributed by atoms with Gasteiger partial charge < -0.3 is 10.6 Å². The van der Waals surface area contributed by atoms with E-state index >= 15 is 0 Å². The minimum absolute atomic E-state index is 0.0499. The largest absolute Gasteiger partial charge is 0.376 e. The highest BCUT2D eigenvalue weighted by Crippen LogP contribution is 2.14. The third-order valence-corrected chi connectivity index (χ3v) is 3.45. The van der Waals surface area contributed by atoms with Crippen molar-refractivity contribution >= 4 is 39.9 Å². The summed E-state index contributed by atoms with van der Waals surface area (Å²) in [5.41, 5.74) is 4.17. The molecule has 0 aromatic heterocycles. The first-order chi connectivity index (χ1) is 9.52. The van der Waals surface area contributed by atoms with Crippen LogP contribution >= 0.6 is 22.6 Å². The summed E-state index contributed by atoms with van der Waals surface area (Å²) in [6.45, 7) is 4.35. The second kappa shape index (κ2) is 6.74. The maximum Gasteiger partial charge on any atom is 0.243 e. The summed E-state index contributed by atoms with van der Waals surface area (Å²) in [6.07, 6.45) is 0. The second-order valence-electron chi connectivity index (χ2n) is 4.79. The van der Waals surface area contributed by atoms with Crippen molar-refractivity contribution in [2.24, 2.45) is 0 Å². The Balaban J connectivity index is 1.92. The third kappa shape index (κ3) is 4.52. The van der Waals surface area contributed by atoms with Crippen molar-refractivity contribution in [1.82, 2.24) is 0 Å². The van der Waals surface area contributed by atoms with E-state index in [1.807, 2.05) is 50.2 Å². The molecule has 0 radical (unpaired) electrons. The molecule has 0 fully saturated rings. The van der Waals surface area contributed by atoms with E-state index in [0.717, 1.165) is 14.9 Å². The average Bonchev–Trinajstić information content (AvgIpc) is 2.35. The van der Waals surface area contributed by atoms with Crippen LogP contribution in [0.3, 0.4) is 0 Å². The second-order valence-corrected chi connectivity index (χ2v) is 6.03. The highest BCUT2D eigenvalue weighted by atomic mass is 127. The number of carbonyl (C=O) groups excluding carboxylic acids is 1. The van der Waals surface area contributed by atoms with E-state index in [4.69, 9.17) is 0 Å². The van der Waals surface area contributed by atoms with Crippen LogP contribution in [0.15, 0.2) is 42.5 Å². The Hall–Kier alpha value is -1.56. The number of hydrogen-bond donors (Lipinski definition) is 2. The fraction of sp³-hybridized carbons (Fsp3) is 0.188. The van der Waals surface area contributed by atoms with Crippen LogP contribution in [0.5, 0.6) is 0 Å². The number of benzene rings is 2. The molecule has 3 nitrogen and oxygen atoms in total. The van der Waals surface area contributed by atoms with Crippen LogP contribution in [0.1, 0.15) is 11.1 Å². The van der Waals surface area contributed by atoms with Gasteiger partial charge in [0, 0.05) is 14.9 Å². The molecular weight excluding hydrogens is 363 g/mol. The van der Waals surface area contributed by atoms with Crippen molar-refractivity contribution in [1.29, 1.82) is 0 Å². The van der Waals surface area contributed by atoms with Crippen LogP contribution < -0.4 is 10.6 Å². The van der Waals surface area contributed by atoms with Crippen LogP contribution in [-0.4, -0.2) is 12.5 Å². The van der Waals surface area contributed by atoms with E-state index in [0.29, 0.717) is 0 Å². The van der Waals surface area contributed by atoms with Gasteiger partial charge in [-0.15, -0.1) is 0 Å². The Morgan fingerprint density at radius 3 is 2.40 bits per heavy atom. The van der Waals surface area contributed by atoms with Gasteiger partial charge in [0.25, 0.3) is 0 Å². The van der Waals surface area contributed by atoms with E-state index < -0.39 is 0 Å². The molecule has 0 bridgehead atoms. The van der Waals surface area contributed by atoms with E-state index in [1.165, 1.54) is 11.1 Å². The molecule has 0 aliphatic heterocycles. The lowest BCUT2D eigenvalue weighted by molar-refractivity contribution is -0.114. The number of carbonyl (C=O) groups is 1. The van der Waals surface area contributed by atoms with Crippen LogP contribution in [0.2, 0.25) is 0 Å². The highest BCUT2D eigenvalue weighted by molar-refractivity contribution is 14.1. The van der Waals surface area contributed by atoms with Crippen LogP contribution in [-0.2, 0) is 4.79 Å². The van der Waals surface area contributed by atoms with Crippen molar-refractivity contribution in [2.45, 2.75) is 13.8 Å². The molecule has 0 unspecified atom stereocenters. The lowest BCUT2D eigenvalue weighted by atomic mass is 10.1. The summed E-state index contributed by atoms with van der Waals surface area (Å²) in [5, 5.41) is 6.02. The SMILES string of the molecule is Cc1cc(C)cc(NCC(=O)Nc2cccc(I)c2)c1. The van der Waals surface area contributed by atoms with Gasteiger partial charge in [-0.25, -0.2) is 0 Å². The Bertz CT molecular complexity index is 605. The zero-order valence-electron chi connectivity index (χ0n) is 11.5. The number of halogens is 1. The Morgan fingerprint density at radius 2 is 1.75 bits per heavy atom. The predicted molar refractivity (Wildman–Crippen MR) is 92.2 cm³/mol. The first kappa shape index (κ1) is 14.8. The van der Waals surface area contributed by atoms with E-state index in [1.54, 1.807) is 0 Å². The summed E-state index contributed by atoms with van der Waals surface area (Å²) >= 11 is 2.22. The number of rotatable bonds is 4. The van der Waals surface area contributed by atoms with Crippen molar-refractivity contribution in [3.63, 3.8) is 0 Å². The quantitative estimate of drug-likeness (QED) is 0.789. The molecule has 104 valence electrons. The topological polar surface area (TPSA) is 41.1 Å². The van der Waals surface area contributed by atoms with Gasteiger partial charge in [-0.05, 0) is 77.9 Å². The molecule has 0 spiro atoms. The van der Waals surface area contributed by atoms with Gasteiger partial charge >= 0.3 is 0 Å². The van der Waals surface area contributed by atoms with E-state index in [-0.39, 0.29) is 12.5 Å². The molecule has 0 saturated carbocycles. The van der Waals surface area contributed by atoms with Gasteiger partial charge in [0.15, 0.2) is 0 Å². The number of amides is 1. The zero-order valence-corrected chi connectivity index (χ0v) is 13.7. The van der Waals surface area contributed by atoms with Gasteiger partial charge in [-0.1, -0.05) is 12.1 Å². The van der Waals surface area contributed by atoms with Crippen LogP contribution in [0.25, 0.3) is 0 Å². The maximum atomic E-state index is 11.9. The molecule has 1 amide bonds. The van der Waals surface area contributed by atoms with Crippen molar-refractivity contribution in [3.05, 3.63) is 57.2 Å². The number of nitrogens with one attached hydrogen (secondary N) is 2. The maximum absolute atomic E-state index is 11.9. The molecule has 20 heavy (non-hydrogen) atoms. The molecular formula is C16H17IN2O. The van der Waals surface area contributed by atoms with Gasteiger partial charge in [-0.2, -0.15) is 0 Å². The molecule has 2 rings (SSSR count). The van der Waals surface area contributed by atoms with Crippen molar-refractivity contribution in [2.75, 3.05) is 17.2 Å². The fourth-order valence-corrected chi connectivity index (χ4v) is 2.57. The number of hydrogen-bond acceptors (Lipinski definition) is 2. The molecule has 0 aliphatic rings. The molecule has 2 N–H and O–H groups in total. The smallest absolute Gasteiger partial charge is 0.243 e. The molecule has 2 aromatic rings. The molecule has 0 saturated heterocycles. The van der Waals surface area contributed by atoms with Gasteiger partial charge in [0.2, 0.25) is 5.91 Å². The number of anilines is 2. The molecule has 0 aliphatic carbocycles. The first-order valence-electron chi connectivity index (χ1n) is 6.40. The number of aryl methyl sites for hydroxylation is 2. The first-order valence-corrected chi connectivity index (χ1v) is 7.48. The summed E-state index contributed by atoms with van der Waals surface area (Å²) in [4.78, 5) is 11.9. The van der Waals surface area contributed by atoms with Crippen molar-refractivity contribution < 1.29 is 4.79 Å². The van der Waals surface area contributed by atoms with Gasteiger partial charge in [0.05, 0.1) is 6.54 Å². The highest BCUT2D eigenvalue weighted by Gasteiger charge is 2.03. The van der Waals surface area contributed by atoms with E-state index in [9.17, 15) is 4.79 Å². The van der Waals surface area contributed by atoms with Crippen LogP contribution in [0, 0.1) is 17.4 Å². The summed E-state index contributed by atoms with van der Waals surface area (Å²) in [7, 11) is 0. The Morgan fingerprint density at radius 1 is 1.05 bits per heavy atom. The molecule has 0 atom stereocenters. The van der Waals surface area contributed by atoms with Gasteiger partial charge in [-0.3, -0.25) is 4.79 Å². The minimum atomic E-state index is -0.0499. The Kier molecular flexibility index (Phi) is 5.00. The Labute approximate surface area is 132 Å². The lowest BCUT2D eigenvalue weighted by Gasteiger charge is -2.09. The monoisotopic (exact) mass is 380 g/mol. The van der Waals surface area contributed by atoms with Gasteiger partial charge in [0.1, 0.15) is 0 Å². The summed E-state index contributed by atoms with van der Waals surface area (Å²) in [5.74, 6) is -0.0499. The standard InChI is InChI=1S/C16H17IN2O/c1-11-6-12(2)8-15(7-11)18-10-16(20)19-14-5-3-4-13(17)9-14/h3-9,18H,10H2,1-2H3,(H,19,20). The van der Waals surface area contributed by atoms with Crippen molar-refractivity contribution in [3.8, 4) is 0 Å². The molecule has 2 aromatic carbocycles. The van der Waals surface area contributed by atoms with E-state index in [2.05, 4.69) is 39.3 Å². The lowest BCUT2D eigenvalue weighted by Crippen LogP contribution is -2.21.